The topological polar surface area (TPSA) is 237 Å². The number of unbranched alkanes of at least 4 members (excludes halogenated alkanes) is 30. The van der Waals surface area contributed by atoms with Crippen molar-refractivity contribution in [2.75, 3.05) is 39.6 Å². The molecule has 0 spiro atoms. The standard InChI is InChI=1S/C64H124O17P2/c1-8-9-10-11-12-23-31-38-45-61(66)74-52-60(81-64(69)48-41-34-27-26-30-37-44-57(6)7)54-79-83(72,73)77-50-58(65)49-76-82(70,71)78-53-59(51-75-62(67)46-39-32-24-20-19-22-29-36-43-56(4)5)80-63(68)47-40-33-25-18-16-14-13-15-17-21-28-35-42-55(2)3/h55-60,65H,8-54H2,1-7H3,(H,70,71)(H,72,73)/t58-,59-,60-/m1/s1. The van der Waals surface area contributed by atoms with Crippen LogP contribution in [0.4, 0.5) is 0 Å². The second kappa shape index (κ2) is 55.4. The summed E-state index contributed by atoms with van der Waals surface area (Å²) in [5.74, 6) is 0.0306. The van der Waals surface area contributed by atoms with Crippen LogP contribution in [0.15, 0.2) is 0 Å². The van der Waals surface area contributed by atoms with Crippen molar-refractivity contribution in [3.8, 4) is 0 Å². The van der Waals surface area contributed by atoms with E-state index >= 15 is 0 Å². The molecule has 0 amide bonds. The molecule has 0 aromatic heterocycles. The Balaban J connectivity index is 5.22. The quantitative estimate of drug-likeness (QED) is 0.0222. The molecule has 0 aromatic rings. The van der Waals surface area contributed by atoms with E-state index in [4.69, 9.17) is 37.0 Å². The average molecular weight is 1230 g/mol. The predicted molar refractivity (Wildman–Crippen MR) is 331 cm³/mol. The van der Waals surface area contributed by atoms with E-state index in [2.05, 4.69) is 48.5 Å². The SMILES string of the molecule is CCCCCCCCCCC(=O)OC[C@H](COP(=O)(O)OC[C@H](O)COP(=O)(O)OC[C@@H](COC(=O)CCCCCCCCCCC(C)C)OC(=O)CCCCCCCCCCCCCCC(C)C)OC(=O)CCCCCCCCC(C)C. The zero-order valence-electron chi connectivity index (χ0n) is 53.6. The number of rotatable bonds is 62. The Morgan fingerprint density at radius 3 is 0.819 bits per heavy atom. The fourth-order valence-corrected chi connectivity index (χ4v) is 11.1. The molecule has 0 aliphatic carbocycles. The summed E-state index contributed by atoms with van der Waals surface area (Å²) in [6.07, 6.45) is 36.4. The third-order valence-corrected chi connectivity index (χ3v) is 16.5. The maximum atomic E-state index is 13.0. The molecule has 2 unspecified atom stereocenters. The summed E-state index contributed by atoms with van der Waals surface area (Å²) in [7, 11) is -9.88. The number of esters is 4. The Morgan fingerprint density at radius 1 is 0.325 bits per heavy atom. The summed E-state index contributed by atoms with van der Waals surface area (Å²) < 4.78 is 67.9. The van der Waals surface area contributed by atoms with Gasteiger partial charge in [-0.1, -0.05) is 260 Å². The largest absolute Gasteiger partial charge is 0.472 e. The molecule has 0 rings (SSSR count). The Kier molecular flexibility index (Phi) is 54.1. The van der Waals surface area contributed by atoms with Crippen LogP contribution in [0.5, 0.6) is 0 Å². The first-order valence-corrected chi connectivity index (χ1v) is 36.3. The van der Waals surface area contributed by atoms with Crippen LogP contribution in [0.25, 0.3) is 0 Å². The Morgan fingerprint density at radius 2 is 0.554 bits per heavy atom. The van der Waals surface area contributed by atoms with Crippen molar-refractivity contribution < 1.29 is 80.2 Å². The summed E-state index contributed by atoms with van der Waals surface area (Å²) in [4.78, 5) is 72.1. The molecule has 0 radical (unpaired) electrons. The molecule has 0 fully saturated rings. The molecule has 492 valence electrons. The highest BCUT2D eigenvalue weighted by Crippen LogP contribution is 2.45. The zero-order valence-corrected chi connectivity index (χ0v) is 55.4. The molecule has 0 saturated carbocycles. The van der Waals surface area contributed by atoms with Crippen LogP contribution in [0.1, 0.15) is 312 Å². The highest BCUT2D eigenvalue weighted by molar-refractivity contribution is 7.47. The summed E-state index contributed by atoms with van der Waals surface area (Å²) in [5.41, 5.74) is 0. The van der Waals surface area contributed by atoms with E-state index in [1.165, 1.54) is 116 Å². The minimum Gasteiger partial charge on any atom is -0.462 e. The van der Waals surface area contributed by atoms with Crippen LogP contribution in [-0.2, 0) is 65.4 Å². The number of hydrogen-bond acceptors (Lipinski definition) is 15. The molecule has 19 heteroatoms. The van der Waals surface area contributed by atoms with E-state index in [0.29, 0.717) is 31.6 Å². The van der Waals surface area contributed by atoms with Gasteiger partial charge in [0.15, 0.2) is 12.2 Å². The molecule has 3 N–H and O–H groups in total. The molecule has 83 heavy (non-hydrogen) atoms. The molecule has 0 aromatic carbocycles. The second-order valence-corrected chi connectivity index (χ2v) is 27.5. The van der Waals surface area contributed by atoms with Gasteiger partial charge < -0.3 is 33.8 Å². The third-order valence-electron chi connectivity index (χ3n) is 14.6. The van der Waals surface area contributed by atoms with E-state index in [-0.39, 0.29) is 25.7 Å². The molecule has 17 nitrogen and oxygen atoms in total. The Labute approximate surface area is 505 Å². The van der Waals surface area contributed by atoms with Crippen molar-refractivity contribution in [1.82, 2.24) is 0 Å². The molecule has 0 bridgehead atoms. The van der Waals surface area contributed by atoms with Gasteiger partial charge in [-0.3, -0.25) is 37.3 Å². The van der Waals surface area contributed by atoms with Gasteiger partial charge in [0.1, 0.15) is 19.3 Å². The lowest BCUT2D eigenvalue weighted by atomic mass is 10.0. The molecule has 0 aliphatic heterocycles. The maximum Gasteiger partial charge on any atom is 0.472 e. The minimum absolute atomic E-state index is 0.101. The van der Waals surface area contributed by atoms with Gasteiger partial charge in [0.25, 0.3) is 0 Å². The van der Waals surface area contributed by atoms with Gasteiger partial charge in [0.05, 0.1) is 26.4 Å². The summed E-state index contributed by atoms with van der Waals surface area (Å²) in [6.45, 7) is 11.7. The van der Waals surface area contributed by atoms with Crippen LogP contribution >= 0.6 is 15.6 Å². The van der Waals surface area contributed by atoms with E-state index in [1.807, 2.05) is 0 Å². The summed E-state index contributed by atoms with van der Waals surface area (Å²) in [6, 6.07) is 0. The normalized spacial score (nSPS) is 14.4. The van der Waals surface area contributed by atoms with Gasteiger partial charge in [-0.15, -0.1) is 0 Å². The molecular formula is C64H124O17P2. The fraction of sp³-hybridized carbons (Fsp3) is 0.938. The zero-order chi connectivity index (χ0) is 61.7. The molecule has 5 atom stereocenters. The molecule has 0 saturated heterocycles. The van der Waals surface area contributed by atoms with Gasteiger partial charge in [-0.05, 0) is 43.4 Å². The van der Waals surface area contributed by atoms with E-state index in [9.17, 15) is 43.2 Å². The second-order valence-electron chi connectivity index (χ2n) is 24.6. The Bertz CT molecular complexity index is 1650. The Hall–Kier alpha value is -1.94. The minimum atomic E-state index is -4.95. The first kappa shape index (κ1) is 81.1. The molecule has 0 heterocycles. The number of phosphoric acid groups is 2. The molecule has 0 aliphatic rings. The van der Waals surface area contributed by atoms with Gasteiger partial charge in [0, 0.05) is 25.7 Å². The highest BCUT2D eigenvalue weighted by Gasteiger charge is 2.30. The van der Waals surface area contributed by atoms with Crippen molar-refractivity contribution in [3.05, 3.63) is 0 Å². The summed E-state index contributed by atoms with van der Waals surface area (Å²) in [5, 5.41) is 10.5. The number of aliphatic hydroxyl groups excluding tert-OH is 1. The maximum absolute atomic E-state index is 13.0. The van der Waals surface area contributed by atoms with Crippen LogP contribution in [0.2, 0.25) is 0 Å². The van der Waals surface area contributed by atoms with Crippen LogP contribution in [0.3, 0.4) is 0 Å². The van der Waals surface area contributed by atoms with Gasteiger partial charge in [0.2, 0.25) is 0 Å². The smallest absolute Gasteiger partial charge is 0.462 e. The number of phosphoric ester groups is 2. The lowest BCUT2D eigenvalue weighted by molar-refractivity contribution is -0.161. The van der Waals surface area contributed by atoms with Crippen molar-refractivity contribution in [2.45, 2.75) is 330 Å². The van der Waals surface area contributed by atoms with Gasteiger partial charge in [-0.2, -0.15) is 0 Å². The van der Waals surface area contributed by atoms with Gasteiger partial charge in [-0.25, -0.2) is 9.13 Å². The third kappa shape index (κ3) is 58.8. The highest BCUT2D eigenvalue weighted by atomic mass is 31.2. The fourth-order valence-electron chi connectivity index (χ4n) is 9.48. The van der Waals surface area contributed by atoms with Crippen LogP contribution < -0.4 is 0 Å². The number of aliphatic hydroxyl groups is 1. The van der Waals surface area contributed by atoms with E-state index < -0.39 is 97.5 Å². The van der Waals surface area contributed by atoms with E-state index in [1.54, 1.807) is 0 Å². The number of hydrogen-bond donors (Lipinski definition) is 3. The molecular weight excluding hydrogens is 1100 g/mol. The van der Waals surface area contributed by atoms with E-state index in [0.717, 1.165) is 108 Å². The number of carbonyl (C=O) groups excluding carboxylic acids is 4. The van der Waals surface area contributed by atoms with Crippen molar-refractivity contribution in [2.24, 2.45) is 17.8 Å². The average Bonchev–Trinajstić information content (AvgIpc) is 3.43. The first-order chi connectivity index (χ1) is 39.7. The van der Waals surface area contributed by atoms with Crippen molar-refractivity contribution >= 4 is 39.5 Å². The monoisotopic (exact) mass is 1230 g/mol. The predicted octanol–water partition coefficient (Wildman–Crippen LogP) is 17.5. The van der Waals surface area contributed by atoms with Crippen LogP contribution in [0, 0.1) is 17.8 Å². The van der Waals surface area contributed by atoms with Crippen molar-refractivity contribution in [1.29, 1.82) is 0 Å². The number of carbonyl (C=O) groups is 4. The number of ether oxygens (including phenoxy) is 4. The first-order valence-electron chi connectivity index (χ1n) is 33.3. The van der Waals surface area contributed by atoms with Gasteiger partial charge >= 0.3 is 39.5 Å². The lowest BCUT2D eigenvalue weighted by Crippen LogP contribution is -2.30. The van der Waals surface area contributed by atoms with Crippen LogP contribution in [-0.4, -0.2) is 96.7 Å². The summed E-state index contributed by atoms with van der Waals surface area (Å²) >= 11 is 0. The van der Waals surface area contributed by atoms with Crippen molar-refractivity contribution in [3.63, 3.8) is 0 Å². The lowest BCUT2D eigenvalue weighted by Gasteiger charge is -2.21.